The number of fused-ring (bicyclic) bond motifs is 3. The van der Waals surface area contributed by atoms with Crippen molar-refractivity contribution >= 4 is 61.8 Å². The van der Waals surface area contributed by atoms with Crippen LogP contribution in [0.5, 0.6) is 5.75 Å². The minimum absolute atomic E-state index is 0. The highest BCUT2D eigenvalue weighted by molar-refractivity contribution is 7.27. The van der Waals surface area contributed by atoms with E-state index in [0.29, 0.717) is 12.0 Å². The number of rotatable bonds is 11. The maximum Gasteiger partial charge on any atom is 0.255 e. The summed E-state index contributed by atoms with van der Waals surface area (Å²) >= 11 is 0. The fourth-order valence-corrected chi connectivity index (χ4v) is 8.54. The molecule has 2 amide bonds. The van der Waals surface area contributed by atoms with Gasteiger partial charge in [0.1, 0.15) is 22.8 Å². The normalized spacial score (nSPS) is 25.4. The largest absolute Gasteiger partial charge is 0.508 e. The van der Waals surface area contributed by atoms with Gasteiger partial charge >= 0.3 is 0 Å². The number of aryl methyl sites for hydroxylation is 1. The van der Waals surface area contributed by atoms with E-state index in [9.17, 15) is 44.7 Å². The van der Waals surface area contributed by atoms with E-state index in [1.54, 1.807) is 13.0 Å². The summed E-state index contributed by atoms with van der Waals surface area (Å²) in [5.74, 6) is -10.1. The molecule has 14 heteroatoms. The number of benzene rings is 2. The average Bonchev–Trinajstić information content (AvgIpc) is 3.06. The first kappa shape index (κ1) is 41.0. The Morgan fingerprint density at radius 2 is 1.62 bits per heavy atom. The Bertz CT molecular complexity index is 1880. The van der Waals surface area contributed by atoms with Gasteiger partial charge in [-0.2, -0.15) is 0 Å². The molecule has 282 valence electrons. The summed E-state index contributed by atoms with van der Waals surface area (Å²) in [6, 6.07) is 5.92. The van der Waals surface area contributed by atoms with Gasteiger partial charge in [-0.3, -0.25) is 24.1 Å². The Balaban J connectivity index is 0.00000605. The minimum atomic E-state index is -3.00. The third kappa shape index (κ3) is 6.76. The van der Waals surface area contributed by atoms with Gasteiger partial charge in [-0.15, -0.1) is 21.6 Å². The Morgan fingerprint density at radius 1 is 0.981 bits per heavy atom. The number of nitrogens with two attached hydrogens (primary N) is 1. The number of aliphatic hydroxyl groups excluding tert-OH is 3. The molecule has 7 atom stereocenters. The zero-order valence-electron chi connectivity index (χ0n) is 30.0. The van der Waals surface area contributed by atoms with Crippen molar-refractivity contribution in [1.29, 1.82) is 0 Å². The molecule has 2 aromatic rings. The van der Waals surface area contributed by atoms with E-state index in [1.807, 2.05) is 0 Å². The molecular formula is C38H49ClN3O9P. The molecule has 5 rings (SSSR count). The molecule has 0 radical (unpaired) electrons. The number of halogens is 1. The van der Waals surface area contributed by atoms with Crippen molar-refractivity contribution in [2.75, 3.05) is 19.4 Å². The molecule has 2 aromatic carbocycles. The van der Waals surface area contributed by atoms with Gasteiger partial charge in [0.15, 0.2) is 11.4 Å². The van der Waals surface area contributed by atoms with Crippen molar-refractivity contribution in [3.63, 3.8) is 0 Å². The number of nitrogens with one attached hydrogen (secondary N) is 1. The number of hydrogen-bond donors (Lipinski definition) is 7. The van der Waals surface area contributed by atoms with Crippen LogP contribution in [0.25, 0.3) is 5.76 Å². The molecule has 1 saturated carbocycles. The van der Waals surface area contributed by atoms with Gasteiger partial charge in [-0.25, -0.2) is 0 Å². The molecule has 8 N–H and O–H groups in total. The topological polar surface area (TPSA) is 211 Å². The van der Waals surface area contributed by atoms with E-state index in [4.69, 9.17) is 5.73 Å². The zero-order chi connectivity index (χ0) is 37.7. The first-order valence-corrected chi connectivity index (χ1v) is 17.9. The summed E-state index contributed by atoms with van der Waals surface area (Å²) < 4.78 is 0. The number of unbranched alkanes of at least 4 members (excludes halogenated alkanes) is 4. The Morgan fingerprint density at radius 3 is 2.25 bits per heavy atom. The van der Waals surface area contributed by atoms with Crippen LogP contribution in [-0.2, 0) is 25.6 Å². The van der Waals surface area contributed by atoms with Gasteiger partial charge in [-0.1, -0.05) is 44.4 Å². The van der Waals surface area contributed by atoms with Crippen LogP contribution in [-0.4, -0.2) is 85.7 Å². The highest BCUT2D eigenvalue weighted by atomic mass is 35.5. The number of ketones is 2. The molecule has 1 fully saturated rings. The third-order valence-corrected chi connectivity index (χ3v) is 11.8. The average molecular weight is 758 g/mol. The Hall–Kier alpha value is -3.80. The van der Waals surface area contributed by atoms with E-state index in [0.717, 1.165) is 32.1 Å². The molecule has 3 aliphatic carbocycles. The third-order valence-electron chi connectivity index (χ3n) is 11.2. The highest BCUT2D eigenvalue weighted by Gasteiger charge is 2.68. The number of aliphatic hydroxyl groups is 4. The van der Waals surface area contributed by atoms with Gasteiger partial charge in [-0.05, 0) is 86.7 Å². The van der Waals surface area contributed by atoms with Gasteiger partial charge in [0, 0.05) is 17.9 Å². The SMILES string of the molecule is Cc1c(P)ccc(CCCCCCCC(=O)Nc2ccc3c(c2O)C(O)=C2C(=O)[C@]4(O)C(O)=C(C(N)=O)C(=O)[C@@H](N(C)C)[C@@H]4[C@@H](O)[C@@H]2[C@H]3C)c1C.Cl. The first-order chi connectivity index (χ1) is 24.0. The van der Waals surface area contributed by atoms with Crippen molar-refractivity contribution in [1.82, 2.24) is 4.90 Å². The van der Waals surface area contributed by atoms with E-state index < -0.39 is 81.4 Å². The van der Waals surface area contributed by atoms with Crippen molar-refractivity contribution in [3.05, 3.63) is 69.0 Å². The molecule has 0 heterocycles. The van der Waals surface area contributed by atoms with Gasteiger partial charge in [0.2, 0.25) is 11.7 Å². The predicted molar refractivity (Wildman–Crippen MR) is 203 cm³/mol. The molecule has 0 saturated heterocycles. The van der Waals surface area contributed by atoms with Crippen LogP contribution < -0.4 is 16.4 Å². The van der Waals surface area contributed by atoms with Crippen LogP contribution in [0.15, 0.2) is 41.2 Å². The number of aromatic hydroxyl groups is 1. The number of likely N-dealkylation sites (N-methyl/N-ethyl adjacent to an activating group) is 1. The lowest BCUT2D eigenvalue weighted by molar-refractivity contribution is -0.169. The molecule has 0 bridgehead atoms. The number of Topliss-reactive ketones (excluding diaryl/α,β-unsaturated/α-hetero) is 2. The molecule has 1 unspecified atom stereocenters. The van der Waals surface area contributed by atoms with Gasteiger partial charge < -0.3 is 36.6 Å². The summed E-state index contributed by atoms with van der Waals surface area (Å²) in [5.41, 5.74) is 5.05. The number of phenols is 1. The quantitative estimate of drug-likeness (QED) is 0.0767. The number of carbonyl (C=O) groups excluding carboxylic acids is 4. The molecule has 0 aliphatic heterocycles. The molecular weight excluding hydrogens is 709 g/mol. The second kappa shape index (κ2) is 15.7. The molecule has 3 aliphatic rings. The number of nitrogens with zero attached hydrogens (tertiary/aromatic N) is 1. The minimum Gasteiger partial charge on any atom is -0.508 e. The standard InChI is InChI=1S/C38H48N3O9P.ClH/c1-17-18(2)23(51)16-13-20(17)11-9-7-6-8-10-12-24(42)40-22-15-14-21-19(3)25-27(32(44)26(21)31(22)43)35(47)38(50)29(33(25)45)30(41(4)5)34(46)28(36(38)48)37(39)49;/h13-16,19,25,29-30,33,43-45,48,50H,6-12,51H2,1-5H3,(H2,39,49)(H,40,42);1H/t19-,25+,29+,30-,33-,38-;/m0./s1. The van der Waals surface area contributed by atoms with Crippen LogP contribution in [0.1, 0.15) is 79.2 Å². The van der Waals surface area contributed by atoms with Crippen LogP contribution >= 0.6 is 21.6 Å². The smallest absolute Gasteiger partial charge is 0.255 e. The second-order valence-electron chi connectivity index (χ2n) is 14.4. The van der Waals surface area contributed by atoms with E-state index in [2.05, 4.69) is 40.5 Å². The number of carbonyl (C=O) groups is 4. The molecule has 0 spiro atoms. The summed E-state index contributed by atoms with van der Waals surface area (Å²) in [7, 11) is 5.67. The van der Waals surface area contributed by atoms with Crippen LogP contribution in [0.4, 0.5) is 5.69 Å². The maximum atomic E-state index is 14.2. The summed E-state index contributed by atoms with van der Waals surface area (Å²) in [6.07, 6.45) is 4.08. The van der Waals surface area contributed by atoms with Crippen molar-refractivity contribution in [3.8, 4) is 5.75 Å². The first-order valence-electron chi connectivity index (χ1n) is 17.3. The van der Waals surface area contributed by atoms with Crippen molar-refractivity contribution in [2.45, 2.75) is 89.4 Å². The van der Waals surface area contributed by atoms with Crippen molar-refractivity contribution in [2.24, 2.45) is 17.6 Å². The lowest BCUT2D eigenvalue weighted by atomic mass is 9.54. The lowest BCUT2D eigenvalue weighted by Gasteiger charge is -2.53. The number of phenolic OH excluding ortho intramolecular Hbond substituents is 1. The number of primary amides is 1. The van der Waals surface area contributed by atoms with Crippen molar-refractivity contribution < 1.29 is 44.7 Å². The highest BCUT2D eigenvalue weighted by Crippen LogP contribution is 2.56. The van der Waals surface area contributed by atoms with Crippen LogP contribution in [0.3, 0.4) is 0 Å². The van der Waals surface area contributed by atoms with Crippen LogP contribution in [0, 0.1) is 25.7 Å². The second-order valence-corrected chi connectivity index (χ2v) is 15.0. The fourth-order valence-electron chi connectivity index (χ4n) is 8.23. The molecule has 0 aromatic heterocycles. The van der Waals surface area contributed by atoms with E-state index >= 15 is 0 Å². The molecule has 12 nitrogen and oxygen atoms in total. The summed E-state index contributed by atoms with van der Waals surface area (Å²) in [5, 5.41) is 61.4. The number of hydrogen-bond acceptors (Lipinski definition) is 10. The zero-order valence-corrected chi connectivity index (χ0v) is 32.0. The fraction of sp³-hybridized carbons (Fsp3) is 0.474. The Kier molecular flexibility index (Phi) is 12.3. The summed E-state index contributed by atoms with van der Waals surface area (Å²) in [6.45, 7) is 5.93. The maximum absolute atomic E-state index is 14.2. The summed E-state index contributed by atoms with van der Waals surface area (Å²) in [4.78, 5) is 53.9. The van der Waals surface area contributed by atoms with Crippen LogP contribution in [0.2, 0.25) is 0 Å². The predicted octanol–water partition coefficient (Wildman–Crippen LogP) is 3.56. The van der Waals surface area contributed by atoms with Gasteiger partial charge in [0.25, 0.3) is 5.91 Å². The monoisotopic (exact) mass is 757 g/mol. The Labute approximate surface area is 311 Å². The number of anilines is 1. The van der Waals surface area contributed by atoms with E-state index in [-0.39, 0.29) is 36.0 Å². The van der Waals surface area contributed by atoms with E-state index in [1.165, 1.54) is 47.1 Å². The lowest BCUT2D eigenvalue weighted by Crippen LogP contribution is -2.70. The van der Waals surface area contributed by atoms with Gasteiger partial charge in [0.05, 0.1) is 29.3 Å². The number of amides is 2. The molecule has 52 heavy (non-hydrogen) atoms.